The van der Waals surface area contributed by atoms with Crippen LogP contribution in [0.15, 0.2) is 0 Å². The van der Waals surface area contributed by atoms with Gasteiger partial charge >= 0.3 is 16.1 Å². The summed E-state index contributed by atoms with van der Waals surface area (Å²) in [7, 11) is 0. The van der Waals surface area contributed by atoms with E-state index in [9.17, 15) is 4.79 Å². The van der Waals surface area contributed by atoms with Gasteiger partial charge in [-0.05, 0) is 6.42 Å². The van der Waals surface area contributed by atoms with Gasteiger partial charge in [0.2, 0.25) is 0 Å². The maximum Gasteiger partial charge on any atom is 2.00 e. The van der Waals surface area contributed by atoms with Gasteiger partial charge in [0.25, 0.3) is 0 Å². The maximum atomic E-state index is 9.60. The first kappa shape index (κ1) is 15.6. The molecule has 0 saturated carbocycles. The predicted molar refractivity (Wildman–Crippen MR) is 34.1 cm³/mol. The molecule has 0 rings (SSSR count). The van der Waals surface area contributed by atoms with Crippen LogP contribution < -0.4 is 0 Å². The van der Waals surface area contributed by atoms with Gasteiger partial charge in [-0.15, -0.1) is 0 Å². The summed E-state index contributed by atoms with van der Waals surface area (Å²) in [6.07, 6.45) is 1.02. The van der Waals surface area contributed by atoms with Crippen LogP contribution in [0.5, 0.6) is 0 Å². The third-order valence-corrected chi connectivity index (χ3v) is 0.464. The van der Waals surface area contributed by atoms with Crippen LogP contribution in [0.1, 0.15) is 22.6 Å². The van der Waals surface area contributed by atoms with Crippen molar-refractivity contribution >= 4 is 16.1 Å². The normalized spacial score (nSPS) is 6.12. The summed E-state index contributed by atoms with van der Waals surface area (Å²) in [5.41, 5.74) is 0. The molecule has 0 bridgehead atoms. The molecule has 0 aliphatic heterocycles. The molecule has 0 aliphatic rings. The number of aliphatic carboxylic acids is 1. The molecule has 0 aliphatic carbocycles. The Kier molecular flexibility index (Phi) is 19.1. The van der Waals surface area contributed by atoms with Crippen molar-refractivity contribution in [2.45, 2.75) is 19.8 Å². The number of carbonyl (C=O) groups is 1. The van der Waals surface area contributed by atoms with E-state index in [1.54, 1.807) is 0 Å². The van der Waals surface area contributed by atoms with Crippen molar-refractivity contribution in [2.75, 3.05) is 0 Å². The Hall–Kier alpha value is -0.401. The van der Waals surface area contributed by atoms with Crippen LogP contribution in [0.25, 0.3) is 0 Å². The number of hydrogen-bond acceptors (Lipinski definition) is 1. The van der Waals surface area contributed by atoms with E-state index in [0.29, 0.717) is 6.42 Å². The summed E-state index contributed by atoms with van der Waals surface area (Å²) in [4.78, 5) is 9.60. The predicted octanol–water partition coefficient (Wildman–Crippen LogP) is -0.109. The molecule has 0 aromatic carbocycles. The van der Waals surface area contributed by atoms with Crippen molar-refractivity contribution in [1.82, 2.24) is 0 Å². The number of hydrogen-bond donors (Lipinski definition) is 1. The zero-order valence-electron chi connectivity index (χ0n) is 6.98. The Balaban J connectivity index is -0.0000000208. The number of carboxylic acid groups (broad SMARTS) is 1. The van der Waals surface area contributed by atoms with Crippen LogP contribution >= 0.6 is 0 Å². The van der Waals surface area contributed by atoms with Crippen molar-refractivity contribution < 1.29 is 18.2 Å². The standard InChI is InChI=1S/C4H8O2.Be.H2O.2H/c1-2-3-4(5)6;;;;/h2-3H2,1H3,(H,5,6);;1H2;;/q;+2;;2*-1. The molecule has 4 heteroatoms. The van der Waals surface area contributed by atoms with Gasteiger partial charge in [0.1, 0.15) is 0 Å². The zero-order valence-corrected chi connectivity index (χ0v) is 4.98. The van der Waals surface area contributed by atoms with Gasteiger partial charge < -0.3 is 13.4 Å². The summed E-state index contributed by atoms with van der Waals surface area (Å²) in [5, 5.41) is 7.91. The third-order valence-electron chi connectivity index (χ3n) is 0.464. The number of rotatable bonds is 2. The quantitative estimate of drug-likeness (QED) is 0.513. The molecule has 3 N–H and O–H groups in total. The molecule has 8 heavy (non-hydrogen) atoms. The summed E-state index contributed by atoms with van der Waals surface area (Å²) in [6.45, 7) is 1.84. The van der Waals surface area contributed by atoms with Crippen molar-refractivity contribution in [1.29, 1.82) is 0 Å². The number of carboxylic acids is 1. The van der Waals surface area contributed by atoms with E-state index in [-0.39, 0.29) is 18.5 Å². The summed E-state index contributed by atoms with van der Waals surface area (Å²) in [5.74, 6) is -0.711. The SMILES string of the molecule is CCCC(=O)O.O.[Be+2].[H-].[H-]. The monoisotopic (exact) mass is 117 g/mol. The second kappa shape index (κ2) is 9.78. The van der Waals surface area contributed by atoms with Crippen LogP contribution in [0.4, 0.5) is 0 Å². The summed E-state index contributed by atoms with van der Waals surface area (Å²) >= 11 is 0. The molecule has 0 heterocycles. The van der Waals surface area contributed by atoms with Gasteiger partial charge in [-0.2, -0.15) is 0 Å². The third kappa shape index (κ3) is 17.5. The molecule has 0 aromatic rings. The average molecular weight is 117 g/mol. The first-order valence-corrected chi connectivity index (χ1v) is 1.99. The maximum absolute atomic E-state index is 9.60. The molecule has 3 nitrogen and oxygen atoms in total. The first-order valence-electron chi connectivity index (χ1n) is 1.99. The second-order valence-corrected chi connectivity index (χ2v) is 1.14. The Morgan fingerprint density at radius 2 is 2.12 bits per heavy atom. The fourth-order valence-electron chi connectivity index (χ4n) is 0.214. The minimum atomic E-state index is -0.711. The summed E-state index contributed by atoms with van der Waals surface area (Å²) in [6, 6.07) is 0. The average Bonchev–Trinajstić information content (AvgIpc) is 1.35. The Labute approximate surface area is 55.2 Å². The molecule has 0 unspecified atom stereocenters. The van der Waals surface area contributed by atoms with Gasteiger partial charge in [0.15, 0.2) is 0 Å². The molecule has 0 saturated heterocycles. The van der Waals surface area contributed by atoms with Crippen LogP contribution in [0.2, 0.25) is 0 Å². The molecule has 0 radical (unpaired) electrons. The van der Waals surface area contributed by atoms with Crippen molar-refractivity contribution in [3.05, 3.63) is 0 Å². The Morgan fingerprint density at radius 1 is 1.75 bits per heavy atom. The molecule has 0 atom stereocenters. The fraction of sp³-hybridized carbons (Fsp3) is 0.750. The van der Waals surface area contributed by atoms with Crippen LogP contribution in [-0.2, 0) is 4.79 Å². The van der Waals surface area contributed by atoms with Gasteiger partial charge in [-0.3, -0.25) is 4.79 Å². The largest absolute Gasteiger partial charge is 2.00 e. The van der Waals surface area contributed by atoms with E-state index < -0.39 is 5.97 Å². The molecule has 48 valence electrons. The molecule has 0 aromatic heterocycles. The van der Waals surface area contributed by atoms with E-state index in [0.717, 1.165) is 6.42 Å². The van der Waals surface area contributed by atoms with Gasteiger partial charge in [-0.25, -0.2) is 0 Å². The van der Waals surface area contributed by atoms with Crippen molar-refractivity contribution in [2.24, 2.45) is 0 Å². The minimum Gasteiger partial charge on any atom is -1.00 e. The molecule has 0 spiro atoms. The van der Waals surface area contributed by atoms with Gasteiger partial charge in [-0.1, -0.05) is 6.92 Å². The van der Waals surface area contributed by atoms with E-state index in [1.165, 1.54) is 0 Å². The van der Waals surface area contributed by atoms with Gasteiger partial charge in [0, 0.05) is 6.42 Å². The van der Waals surface area contributed by atoms with E-state index in [2.05, 4.69) is 0 Å². The summed E-state index contributed by atoms with van der Waals surface area (Å²) < 4.78 is 0. The van der Waals surface area contributed by atoms with E-state index in [4.69, 9.17) is 5.11 Å². The zero-order chi connectivity index (χ0) is 4.99. The molecule has 0 amide bonds. The van der Waals surface area contributed by atoms with Gasteiger partial charge in [0.05, 0.1) is 0 Å². The minimum absolute atomic E-state index is 0. The van der Waals surface area contributed by atoms with Crippen LogP contribution in [0.3, 0.4) is 0 Å². The first-order chi connectivity index (χ1) is 2.77. The molecular formula is C4H12BeO3. The smallest absolute Gasteiger partial charge is 1.00 e. The van der Waals surface area contributed by atoms with Crippen LogP contribution in [-0.4, -0.2) is 26.7 Å². The fourth-order valence-corrected chi connectivity index (χ4v) is 0.214. The topological polar surface area (TPSA) is 68.8 Å². The molecular weight excluding hydrogens is 105 g/mol. The van der Waals surface area contributed by atoms with E-state index in [1.807, 2.05) is 6.92 Å². The molecule has 0 fully saturated rings. The second-order valence-electron chi connectivity index (χ2n) is 1.14. The Bertz CT molecular complexity index is 62.5. The van der Waals surface area contributed by atoms with Crippen molar-refractivity contribution in [3.8, 4) is 0 Å². The van der Waals surface area contributed by atoms with Crippen molar-refractivity contribution in [3.63, 3.8) is 0 Å². The van der Waals surface area contributed by atoms with E-state index >= 15 is 0 Å². The Morgan fingerprint density at radius 3 is 2.12 bits per heavy atom. The van der Waals surface area contributed by atoms with Crippen LogP contribution in [0, 0.1) is 0 Å².